The van der Waals surface area contributed by atoms with Crippen molar-refractivity contribution in [2.75, 3.05) is 6.54 Å². The Bertz CT molecular complexity index is 876. The first-order chi connectivity index (χ1) is 9.63. The number of rotatable bonds is 3. The molecule has 0 aliphatic rings. The van der Waals surface area contributed by atoms with Crippen LogP contribution in [0.1, 0.15) is 16.1 Å². The number of carbonyl (C=O) groups is 1. The zero-order valence-corrected chi connectivity index (χ0v) is 10.6. The Balaban J connectivity index is 2.56. The number of carboxylic acid groups (broad SMARTS) is 1. The van der Waals surface area contributed by atoms with E-state index >= 15 is 0 Å². The average Bonchev–Trinajstić information content (AvgIpc) is 2.79. The lowest BCUT2D eigenvalue weighted by molar-refractivity contribution is 0.0698. The Kier molecular flexibility index (Phi) is 2.80. The summed E-state index contributed by atoms with van der Waals surface area (Å²) in [6.07, 6.45) is 0.379. The fraction of sp³-hybridized carbons (Fsp3) is 0.143. The summed E-state index contributed by atoms with van der Waals surface area (Å²) in [5, 5.41) is 10.6. The van der Waals surface area contributed by atoms with Gasteiger partial charge in [0.25, 0.3) is 5.56 Å². The first-order valence-electron chi connectivity index (χ1n) is 6.22. The van der Waals surface area contributed by atoms with Crippen molar-refractivity contribution in [3.63, 3.8) is 0 Å². The number of aromatic nitrogens is 2. The highest BCUT2D eigenvalue weighted by molar-refractivity contribution is 6.15. The van der Waals surface area contributed by atoms with Gasteiger partial charge < -0.3 is 20.8 Å². The third-order valence-corrected chi connectivity index (χ3v) is 3.36. The second-order valence-electron chi connectivity index (χ2n) is 4.57. The first-order valence-corrected chi connectivity index (χ1v) is 6.22. The molecule has 0 atom stereocenters. The molecule has 2 heterocycles. The van der Waals surface area contributed by atoms with Crippen LogP contribution in [0.25, 0.3) is 21.8 Å². The van der Waals surface area contributed by atoms with Crippen molar-refractivity contribution in [2.24, 2.45) is 5.73 Å². The van der Waals surface area contributed by atoms with Crippen molar-refractivity contribution in [1.82, 2.24) is 9.97 Å². The smallest absolute Gasteiger partial charge is 0.338 e. The van der Waals surface area contributed by atoms with Gasteiger partial charge in [0.2, 0.25) is 0 Å². The van der Waals surface area contributed by atoms with Crippen LogP contribution >= 0.6 is 0 Å². The third kappa shape index (κ3) is 1.70. The fourth-order valence-corrected chi connectivity index (χ4v) is 2.55. The summed E-state index contributed by atoms with van der Waals surface area (Å²) >= 11 is 0. The van der Waals surface area contributed by atoms with Gasteiger partial charge in [-0.1, -0.05) is 18.2 Å². The largest absolute Gasteiger partial charge is 0.478 e. The van der Waals surface area contributed by atoms with E-state index in [4.69, 9.17) is 5.73 Å². The Morgan fingerprint density at radius 1 is 1.25 bits per heavy atom. The molecule has 3 rings (SSSR count). The molecule has 0 saturated carbocycles. The van der Waals surface area contributed by atoms with Crippen LogP contribution in [0.2, 0.25) is 0 Å². The number of para-hydroxylation sites is 1. The number of nitrogens with two attached hydrogens (primary N) is 1. The van der Waals surface area contributed by atoms with E-state index < -0.39 is 5.97 Å². The van der Waals surface area contributed by atoms with Gasteiger partial charge in [0.1, 0.15) is 5.52 Å². The van der Waals surface area contributed by atoms with Crippen molar-refractivity contribution in [3.8, 4) is 0 Å². The molecule has 2 aromatic heterocycles. The van der Waals surface area contributed by atoms with Gasteiger partial charge >= 0.3 is 5.97 Å². The van der Waals surface area contributed by atoms with Crippen molar-refractivity contribution in [2.45, 2.75) is 6.42 Å². The van der Waals surface area contributed by atoms with Crippen LogP contribution in [0, 0.1) is 0 Å². The number of nitrogens with one attached hydrogen (secondary N) is 2. The number of hydrogen-bond acceptors (Lipinski definition) is 3. The number of fused-ring (bicyclic) bond motifs is 3. The van der Waals surface area contributed by atoms with Crippen LogP contribution in [-0.2, 0) is 6.42 Å². The number of aromatic amines is 2. The summed E-state index contributed by atoms with van der Waals surface area (Å²) in [4.78, 5) is 29.3. The summed E-state index contributed by atoms with van der Waals surface area (Å²) in [5.41, 5.74) is 6.69. The first kappa shape index (κ1) is 12.4. The minimum absolute atomic E-state index is 0.132. The van der Waals surface area contributed by atoms with Crippen LogP contribution in [0.4, 0.5) is 0 Å². The minimum Gasteiger partial charge on any atom is -0.478 e. The van der Waals surface area contributed by atoms with E-state index in [-0.39, 0.29) is 16.6 Å². The molecular formula is C14H13N3O3. The topological polar surface area (TPSA) is 112 Å². The van der Waals surface area contributed by atoms with Crippen molar-refractivity contribution >= 4 is 27.8 Å². The van der Waals surface area contributed by atoms with Crippen molar-refractivity contribution in [3.05, 3.63) is 45.9 Å². The number of pyridine rings is 1. The lowest BCUT2D eigenvalue weighted by Gasteiger charge is -2.01. The second kappa shape index (κ2) is 4.50. The highest BCUT2D eigenvalue weighted by Crippen LogP contribution is 2.27. The predicted octanol–water partition coefficient (Wildman–Crippen LogP) is 1.21. The van der Waals surface area contributed by atoms with Crippen LogP contribution in [0.5, 0.6) is 0 Å². The molecule has 6 heteroatoms. The summed E-state index contributed by atoms with van der Waals surface area (Å²) in [7, 11) is 0. The van der Waals surface area contributed by atoms with Gasteiger partial charge in [0.05, 0.1) is 5.56 Å². The molecule has 0 aliphatic heterocycles. The zero-order valence-electron chi connectivity index (χ0n) is 10.6. The molecule has 3 aromatic rings. The van der Waals surface area contributed by atoms with E-state index in [9.17, 15) is 14.7 Å². The molecule has 0 saturated heterocycles. The summed E-state index contributed by atoms with van der Waals surface area (Å²) < 4.78 is 0. The molecular weight excluding hydrogens is 258 g/mol. The number of carboxylic acids is 1. The summed E-state index contributed by atoms with van der Waals surface area (Å²) in [6, 6.07) is 7.14. The molecule has 0 aliphatic carbocycles. The van der Waals surface area contributed by atoms with Gasteiger partial charge in [-0.3, -0.25) is 4.79 Å². The van der Waals surface area contributed by atoms with E-state index in [2.05, 4.69) is 9.97 Å². The van der Waals surface area contributed by atoms with E-state index in [0.717, 1.165) is 0 Å². The Labute approximate surface area is 113 Å². The minimum atomic E-state index is -1.06. The molecule has 1 aromatic carbocycles. The fourth-order valence-electron chi connectivity index (χ4n) is 2.55. The number of H-pyrrole nitrogens is 2. The number of hydrogen-bond donors (Lipinski definition) is 4. The summed E-state index contributed by atoms with van der Waals surface area (Å²) in [6.45, 7) is 0.308. The van der Waals surface area contributed by atoms with E-state index in [1.165, 1.54) is 0 Å². The molecule has 102 valence electrons. The monoisotopic (exact) mass is 271 g/mol. The molecule has 6 nitrogen and oxygen atoms in total. The average molecular weight is 271 g/mol. The lowest BCUT2D eigenvalue weighted by atomic mass is 10.1. The summed E-state index contributed by atoms with van der Waals surface area (Å²) in [5.74, 6) is -1.06. The molecule has 0 amide bonds. The van der Waals surface area contributed by atoms with Crippen molar-refractivity contribution in [1.29, 1.82) is 0 Å². The van der Waals surface area contributed by atoms with Crippen LogP contribution in [0.3, 0.4) is 0 Å². The lowest BCUT2D eigenvalue weighted by Crippen LogP contribution is -2.07. The van der Waals surface area contributed by atoms with Gasteiger partial charge in [0, 0.05) is 28.4 Å². The Hall–Kier alpha value is -2.60. The quantitative estimate of drug-likeness (QED) is 0.573. The third-order valence-electron chi connectivity index (χ3n) is 3.36. The van der Waals surface area contributed by atoms with Crippen molar-refractivity contribution < 1.29 is 9.90 Å². The SMILES string of the molecule is NCCc1[nH]c2c(=O)[nH]c3ccccc3c2c1C(=O)O. The maximum absolute atomic E-state index is 12.1. The van der Waals surface area contributed by atoms with E-state index in [1.807, 2.05) is 0 Å². The highest BCUT2D eigenvalue weighted by atomic mass is 16.4. The maximum Gasteiger partial charge on any atom is 0.338 e. The van der Waals surface area contributed by atoms with Gasteiger partial charge in [-0.05, 0) is 12.6 Å². The highest BCUT2D eigenvalue weighted by Gasteiger charge is 2.21. The van der Waals surface area contributed by atoms with Crippen LogP contribution in [0.15, 0.2) is 29.1 Å². The molecule has 0 spiro atoms. The number of benzene rings is 1. The molecule has 0 unspecified atom stereocenters. The van der Waals surface area contributed by atoms with Crippen LogP contribution < -0.4 is 11.3 Å². The molecule has 0 bridgehead atoms. The maximum atomic E-state index is 12.1. The van der Waals surface area contributed by atoms with Gasteiger partial charge in [-0.15, -0.1) is 0 Å². The van der Waals surface area contributed by atoms with Gasteiger partial charge in [0.15, 0.2) is 0 Å². The van der Waals surface area contributed by atoms with E-state index in [1.54, 1.807) is 24.3 Å². The van der Waals surface area contributed by atoms with Gasteiger partial charge in [-0.2, -0.15) is 0 Å². The number of aromatic carboxylic acids is 1. The predicted molar refractivity (Wildman–Crippen MR) is 76.1 cm³/mol. The molecule has 0 fully saturated rings. The van der Waals surface area contributed by atoms with Gasteiger partial charge in [-0.25, -0.2) is 4.79 Å². The van der Waals surface area contributed by atoms with E-state index in [0.29, 0.717) is 34.9 Å². The molecule has 0 radical (unpaired) electrons. The normalized spacial score (nSPS) is 11.2. The zero-order chi connectivity index (χ0) is 14.3. The van der Waals surface area contributed by atoms with Crippen LogP contribution in [-0.4, -0.2) is 27.6 Å². The Morgan fingerprint density at radius 2 is 2.00 bits per heavy atom. The standard InChI is InChI=1S/C14H13N3O3/c15-6-5-9-11(14(19)20)10-7-3-1-2-4-8(7)17-13(18)12(10)16-9/h1-4,16H,5-6,15H2,(H,17,18)(H,19,20). The Morgan fingerprint density at radius 3 is 2.70 bits per heavy atom. The molecule has 5 N–H and O–H groups in total. The second-order valence-corrected chi connectivity index (χ2v) is 4.57. The molecule has 20 heavy (non-hydrogen) atoms.